The van der Waals surface area contributed by atoms with Crippen molar-refractivity contribution in [2.75, 3.05) is 6.54 Å². The first-order chi connectivity index (χ1) is 14.4. The number of aryl methyl sites for hydroxylation is 1. The van der Waals surface area contributed by atoms with Crippen LogP contribution in [0.4, 0.5) is 0 Å². The van der Waals surface area contributed by atoms with Crippen LogP contribution in [0.3, 0.4) is 0 Å². The number of nitrogens with zero attached hydrogens (tertiary/aromatic N) is 1. The first-order valence-corrected chi connectivity index (χ1v) is 10.0. The number of unbranched alkanes of at least 4 members (excludes halogenated alkanes) is 2. The SMILES string of the molecule is Cc1ccc(/C(O)=C2\C(=O)C(=O)N(CCCCCC(=O)O)[C@H]2c2ccccc2)cc1. The number of benzene rings is 2. The average Bonchev–Trinajstić information content (AvgIpc) is 2.99. The van der Waals surface area contributed by atoms with Gasteiger partial charge in [0.2, 0.25) is 0 Å². The molecular weight excluding hydrogens is 382 g/mol. The van der Waals surface area contributed by atoms with Gasteiger partial charge in [0.25, 0.3) is 11.7 Å². The molecule has 2 aromatic carbocycles. The van der Waals surface area contributed by atoms with E-state index in [1.165, 1.54) is 4.90 Å². The van der Waals surface area contributed by atoms with Crippen LogP contribution in [-0.4, -0.2) is 39.3 Å². The van der Waals surface area contributed by atoms with Crippen LogP contribution in [0.5, 0.6) is 0 Å². The van der Waals surface area contributed by atoms with Gasteiger partial charge in [-0.15, -0.1) is 0 Å². The summed E-state index contributed by atoms with van der Waals surface area (Å²) in [5, 5.41) is 19.7. The minimum atomic E-state index is -0.849. The van der Waals surface area contributed by atoms with Gasteiger partial charge in [0.15, 0.2) is 0 Å². The maximum absolute atomic E-state index is 12.9. The summed E-state index contributed by atoms with van der Waals surface area (Å²) >= 11 is 0. The quantitative estimate of drug-likeness (QED) is 0.298. The number of amides is 1. The number of likely N-dealkylation sites (tertiary alicyclic amines) is 1. The van der Waals surface area contributed by atoms with Crippen LogP contribution in [0.15, 0.2) is 60.2 Å². The van der Waals surface area contributed by atoms with Crippen LogP contribution in [0.2, 0.25) is 0 Å². The number of aliphatic hydroxyl groups excluding tert-OH is 1. The second kappa shape index (κ2) is 9.39. The maximum atomic E-state index is 12.9. The van der Waals surface area contributed by atoms with E-state index in [-0.39, 0.29) is 17.8 Å². The van der Waals surface area contributed by atoms with Crippen molar-refractivity contribution in [1.82, 2.24) is 4.90 Å². The van der Waals surface area contributed by atoms with Crippen molar-refractivity contribution >= 4 is 23.4 Å². The highest BCUT2D eigenvalue weighted by molar-refractivity contribution is 6.46. The number of carboxylic acid groups (broad SMARTS) is 1. The fraction of sp³-hybridized carbons (Fsp3) is 0.292. The fourth-order valence-corrected chi connectivity index (χ4v) is 3.69. The van der Waals surface area contributed by atoms with E-state index >= 15 is 0 Å². The molecule has 0 unspecified atom stereocenters. The topological polar surface area (TPSA) is 94.9 Å². The van der Waals surface area contributed by atoms with E-state index in [9.17, 15) is 19.5 Å². The highest BCUT2D eigenvalue weighted by Crippen LogP contribution is 2.39. The number of hydrogen-bond donors (Lipinski definition) is 2. The molecule has 0 saturated carbocycles. The van der Waals surface area contributed by atoms with Crippen LogP contribution in [0, 0.1) is 6.92 Å². The van der Waals surface area contributed by atoms with Crippen molar-refractivity contribution in [2.45, 2.75) is 38.6 Å². The molecule has 3 rings (SSSR count). The number of hydrogen-bond acceptors (Lipinski definition) is 4. The molecular formula is C24H25NO5. The van der Waals surface area contributed by atoms with Crippen LogP contribution in [0.25, 0.3) is 5.76 Å². The van der Waals surface area contributed by atoms with Crippen LogP contribution >= 0.6 is 0 Å². The molecule has 30 heavy (non-hydrogen) atoms. The van der Waals surface area contributed by atoms with Crippen molar-refractivity contribution in [1.29, 1.82) is 0 Å². The number of ketones is 1. The van der Waals surface area contributed by atoms with Crippen molar-refractivity contribution in [3.05, 3.63) is 76.9 Å². The van der Waals surface area contributed by atoms with Gasteiger partial charge in [0, 0.05) is 18.5 Å². The largest absolute Gasteiger partial charge is 0.507 e. The molecule has 0 radical (unpaired) electrons. The zero-order valence-corrected chi connectivity index (χ0v) is 16.9. The number of aliphatic hydroxyl groups is 1. The molecule has 156 valence electrons. The Morgan fingerprint density at radius 1 is 0.933 bits per heavy atom. The van der Waals surface area contributed by atoms with E-state index in [4.69, 9.17) is 5.11 Å². The molecule has 1 aliphatic rings. The lowest BCUT2D eigenvalue weighted by Gasteiger charge is -2.25. The fourth-order valence-electron chi connectivity index (χ4n) is 3.69. The van der Waals surface area contributed by atoms with Gasteiger partial charge >= 0.3 is 5.97 Å². The van der Waals surface area contributed by atoms with Gasteiger partial charge < -0.3 is 15.1 Å². The Hall–Kier alpha value is -3.41. The summed E-state index contributed by atoms with van der Waals surface area (Å²) in [4.78, 5) is 37.8. The molecule has 0 aliphatic carbocycles. The smallest absolute Gasteiger partial charge is 0.303 e. The van der Waals surface area contributed by atoms with Gasteiger partial charge in [-0.3, -0.25) is 14.4 Å². The summed E-state index contributed by atoms with van der Waals surface area (Å²) in [5.74, 6) is -2.38. The Labute approximate surface area is 175 Å². The monoisotopic (exact) mass is 407 g/mol. The molecule has 0 bridgehead atoms. The molecule has 1 aliphatic heterocycles. The van der Waals surface area contributed by atoms with E-state index in [0.717, 1.165) is 11.1 Å². The summed E-state index contributed by atoms with van der Waals surface area (Å²) in [6.07, 6.45) is 1.80. The van der Waals surface area contributed by atoms with Crippen molar-refractivity contribution < 1.29 is 24.6 Å². The number of aliphatic carboxylic acids is 1. The van der Waals surface area contributed by atoms with E-state index in [1.807, 2.05) is 49.4 Å². The second-order valence-electron chi connectivity index (χ2n) is 7.47. The molecule has 1 heterocycles. The molecule has 1 fully saturated rings. The summed E-state index contributed by atoms with van der Waals surface area (Å²) in [6.45, 7) is 2.24. The van der Waals surface area contributed by atoms with Gasteiger partial charge in [-0.2, -0.15) is 0 Å². The highest BCUT2D eigenvalue weighted by Gasteiger charge is 2.45. The van der Waals surface area contributed by atoms with E-state index in [1.54, 1.807) is 12.1 Å². The van der Waals surface area contributed by atoms with Gasteiger partial charge in [-0.05, 0) is 25.3 Å². The third-order valence-electron chi connectivity index (χ3n) is 5.27. The van der Waals surface area contributed by atoms with E-state index < -0.39 is 23.7 Å². The highest BCUT2D eigenvalue weighted by atomic mass is 16.4. The van der Waals surface area contributed by atoms with Crippen LogP contribution in [-0.2, 0) is 14.4 Å². The zero-order valence-electron chi connectivity index (χ0n) is 16.9. The van der Waals surface area contributed by atoms with Crippen molar-refractivity contribution in [3.8, 4) is 0 Å². The minimum Gasteiger partial charge on any atom is -0.507 e. The number of rotatable bonds is 8. The predicted octanol–water partition coefficient (Wildman–Crippen LogP) is 4.06. The third-order valence-corrected chi connectivity index (χ3v) is 5.27. The normalized spacial score (nSPS) is 18.0. The average molecular weight is 407 g/mol. The Morgan fingerprint density at radius 2 is 1.60 bits per heavy atom. The molecule has 6 heteroatoms. The van der Waals surface area contributed by atoms with Crippen LogP contribution < -0.4 is 0 Å². The summed E-state index contributed by atoms with van der Waals surface area (Å²) < 4.78 is 0. The summed E-state index contributed by atoms with van der Waals surface area (Å²) in [6, 6.07) is 15.6. The molecule has 6 nitrogen and oxygen atoms in total. The Kier molecular flexibility index (Phi) is 6.67. The number of carbonyl (C=O) groups is 3. The molecule has 1 amide bonds. The Balaban J connectivity index is 1.94. The van der Waals surface area contributed by atoms with Gasteiger partial charge in [0.05, 0.1) is 11.6 Å². The second-order valence-corrected chi connectivity index (χ2v) is 7.47. The lowest BCUT2D eigenvalue weighted by molar-refractivity contribution is -0.140. The Bertz CT molecular complexity index is 963. The first-order valence-electron chi connectivity index (χ1n) is 10.0. The number of carboxylic acids is 1. The minimum absolute atomic E-state index is 0.0777. The molecule has 0 aromatic heterocycles. The lowest BCUT2D eigenvalue weighted by atomic mass is 9.95. The maximum Gasteiger partial charge on any atom is 0.303 e. The van der Waals surface area contributed by atoms with E-state index in [2.05, 4.69) is 0 Å². The lowest BCUT2D eigenvalue weighted by Crippen LogP contribution is -2.30. The molecule has 0 spiro atoms. The van der Waals surface area contributed by atoms with Gasteiger partial charge in [0.1, 0.15) is 5.76 Å². The molecule has 2 aromatic rings. The van der Waals surface area contributed by atoms with Gasteiger partial charge in [-0.1, -0.05) is 66.6 Å². The standard InChI is InChI=1S/C24H25NO5/c1-16-11-13-18(14-12-16)22(28)20-21(17-8-4-2-5-9-17)25(24(30)23(20)29)15-7-3-6-10-19(26)27/h2,4-5,8-9,11-14,21,28H,3,6-7,10,15H2,1H3,(H,26,27)/b22-20+/t21-/m0/s1. The summed E-state index contributed by atoms with van der Waals surface area (Å²) in [7, 11) is 0. The predicted molar refractivity (Wildman–Crippen MR) is 113 cm³/mol. The molecule has 2 N–H and O–H groups in total. The van der Waals surface area contributed by atoms with Crippen LogP contribution in [0.1, 0.15) is 48.4 Å². The van der Waals surface area contributed by atoms with Crippen molar-refractivity contribution in [3.63, 3.8) is 0 Å². The van der Waals surface area contributed by atoms with Crippen molar-refractivity contribution in [2.24, 2.45) is 0 Å². The molecule has 1 atom stereocenters. The zero-order chi connectivity index (χ0) is 21.7. The van der Waals surface area contributed by atoms with E-state index in [0.29, 0.717) is 31.4 Å². The first kappa shape index (κ1) is 21.3. The number of carbonyl (C=O) groups excluding carboxylic acids is 2. The number of Topliss-reactive ketones (excluding diaryl/α,β-unsaturated/α-hetero) is 1. The summed E-state index contributed by atoms with van der Waals surface area (Å²) in [5.41, 5.74) is 2.34. The third kappa shape index (κ3) is 4.59. The Morgan fingerprint density at radius 3 is 2.23 bits per heavy atom. The molecule has 1 saturated heterocycles. The van der Waals surface area contributed by atoms with Gasteiger partial charge in [-0.25, -0.2) is 0 Å².